The van der Waals surface area contributed by atoms with Gasteiger partial charge >= 0.3 is 0 Å². The molecule has 2 heterocycles. The molecule has 56 valence electrons. The van der Waals surface area contributed by atoms with E-state index in [9.17, 15) is 0 Å². The molecule has 0 amide bonds. The predicted octanol–water partition coefficient (Wildman–Crippen LogP) is 2.25. The van der Waals surface area contributed by atoms with Gasteiger partial charge in [-0.25, -0.2) is 9.97 Å². The van der Waals surface area contributed by atoms with Crippen LogP contribution < -0.4 is 0 Å². The van der Waals surface area contributed by atoms with Crippen LogP contribution in [-0.2, 0) is 6.42 Å². The van der Waals surface area contributed by atoms with E-state index in [0.29, 0.717) is 0 Å². The first-order valence-corrected chi connectivity index (χ1v) is 4.47. The molecule has 0 saturated carbocycles. The first-order valence-electron chi connectivity index (χ1n) is 3.59. The largest absolute Gasteiger partial charge is 0.241 e. The number of nitrogens with zero attached hydrogens (tertiary/aromatic N) is 2. The van der Waals surface area contributed by atoms with Crippen LogP contribution in [0.15, 0.2) is 17.6 Å². The highest BCUT2D eigenvalue weighted by molar-refractivity contribution is 7.16. The topological polar surface area (TPSA) is 25.8 Å². The SMILES string of the molecule is CCc1ncc2ccsc2n1. The van der Waals surface area contributed by atoms with Crippen molar-refractivity contribution in [1.82, 2.24) is 9.97 Å². The molecule has 2 aromatic heterocycles. The van der Waals surface area contributed by atoms with Crippen molar-refractivity contribution in [3.8, 4) is 0 Å². The van der Waals surface area contributed by atoms with Crippen molar-refractivity contribution in [2.45, 2.75) is 13.3 Å². The lowest BCUT2D eigenvalue weighted by Gasteiger charge is -1.92. The van der Waals surface area contributed by atoms with Crippen LogP contribution in [0.25, 0.3) is 10.2 Å². The summed E-state index contributed by atoms with van der Waals surface area (Å²) in [6.45, 7) is 2.06. The van der Waals surface area contributed by atoms with Gasteiger partial charge in [0, 0.05) is 18.0 Å². The van der Waals surface area contributed by atoms with Crippen LogP contribution >= 0.6 is 11.3 Å². The molecule has 0 unspecified atom stereocenters. The molecule has 2 nitrogen and oxygen atoms in total. The second-order valence-electron chi connectivity index (χ2n) is 2.32. The molecule has 0 spiro atoms. The van der Waals surface area contributed by atoms with Crippen LogP contribution in [0, 0.1) is 0 Å². The van der Waals surface area contributed by atoms with Gasteiger partial charge < -0.3 is 0 Å². The van der Waals surface area contributed by atoms with Crippen molar-refractivity contribution in [3.05, 3.63) is 23.5 Å². The Morgan fingerprint density at radius 1 is 1.55 bits per heavy atom. The molecule has 3 heteroatoms. The Bertz CT molecular complexity index is 367. The fraction of sp³-hybridized carbons (Fsp3) is 0.250. The van der Waals surface area contributed by atoms with E-state index in [-0.39, 0.29) is 0 Å². The van der Waals surface area contributed by atoms with Crippen LogP contribution in [-0.4, -0.2) is 9.97 Å². The normalized spacial score (nSPS) is 10.6. The molecule has 0 atom stereocenters. The smallest absolute Gasteiger partial charge is 0.129 e. The van der Waals surface area contributed by atoms with Crippen molar-refractivity contribution in [1.29, 1.82) is 0 Å². The van der Waals surface area contributed by atoms with Gasteiger partial charge in [-0.15, -0.1) is 11.3 Å². The van der Waals surface area contributed by atoms with Gasteiger partial charge in [0.15, 0.2) is 0 Å². The molecule has 0 saturated heterocycles. The summed E-state index contributed by atoms with van der Waals surface area (Å²) in [7, 11) is 0. The molecule has 0 aliphatic rings. The summed E-state index contributed by atoms with van der Waals surface area (Å²) in [5, 5.41) is 3.19. The van der Waals surface area contributed by atoms with Crippen molar-refractivity contribution in [3.63, 3.8) is 0 Å². The van der Waals surface area contributed by atoms with Gasteiger partial charge in [0.2, 0.25) is 0 Å². The van der Waals surface area contributed by atoms with Gasteiger partial charge in [-0.2, -0.15) is 0 Å². The van der Waals surface area contributed by atoms with Crippen molar-refractivity contribution >= 4 is 21.6 Å². The van der Waals surface area contributed by atoms with Crippen LogP contribution in [0.4, 0.5) is 0 Å². The third-order valence-corrected chi connectivity index (χ3v) is 2.40. The van der Waals surface area contributed by atoms with Gasteiger partial charge in [-0.3, -0.25) is 0 Å². The number of thiophene rings is 1. The van der Waals surface area contributed by atoms with E-state index >= 15 is 0 Å². The van der Waals surface area contributed by atoms with Gasteiger partial charge in [-0.1, -0.05) is 6.92 Å². The van der Waals surface area contributed by atoms with Crippen molar-refractivity contribution in [2.24, 2.45) is 0 Å². The minimum Gasteiger partial charge on any atom is -0.241 e. The first-order chi connectivity index (χ1) is 5.40. The Morgan fingerprint density at radius 2 is 2.45 bits per heavy atom. The molecule has 2 aromatic rings. The summed E-state index contributed by atoms with van der Waals surface area (Å²) < 4.78 is 0. The summed E-state index contributed by atoms with van der Waals surface area (Å²) in [6.07, 6.45) is 2.80. The number of fused-ring (bicyclic) bond motifs is 1. The maximum Gasteiger partial charge on any atom is 0.129 e. The Balaban J connectivity index is 2.67. The van der Waals surface area contributed by atoms with Crippen molar-refractivity contribution in [2.75, 3.05) is 0 Å². The summed E-state index contributed by atoms with van der Waals surface area (Å²) in [6, 6.07) is 2.04. The molecular weight excluding hydrogens is 156 g/mol. The van der Waals surface area contributed by atoms with Gasteiger partial charge in [0.25, 0.3) is 0 Å². The maximum absolute atomic E-state index is 4.36. The minimum absolute atomic E-state index is 0.911. The maximum atomic E-state index is 4.36. The van der Waals surface area contributed by atoms with E-state index < -0.39 is 0 Å². The zero-order chi connectivity index (χ0) is 7.68. The summed E-state index contributed by atoms with van der Waals surface area (Å²) >= 11 is 1.67. The minimum atomic E-state index is 0.911. The number of aryl methyl sites for hydroxylation is 1. The third-order valence-electron chi connectivity index (χ3n) is 1.57. The number of rotatable bonds is 1. The van der Waals surface area contributed by atoms with Crippen LogP contribution in [0.1, 0.15) is 12.7 Å². The molecule has 0 aromatic carbocycles. The molecule has 0 bridgehead atoms. The monoisotopic (exact) mass is 164 g/mol. The van der Waals surface area contributed by atoms with E-state index in [2.05, 4.69) is 16.9 Å². The highest BCUT2D eigenvalue weighted by Crippen LogP contribution is 2.16. The second-order valence-corrected chi connectivity index (χ2v) is 3.22. The summed E-state index contributed by atoms with van der Waals surface area (Å²) in [5.41, 5.74) is 0. The fourth-order valence-electron chi connectivity index (χ4n) is 0.961. The van der Waals surface area contributed by atoms with Gasteiger partial charge in [0.05, 0.1) is 0 Å². The molecule has 0 fully saturated rings. The Labute approximate surface area is 68.9 Å². The lowest BCUT2D eigenvalue weighted by atomic mass is 10.4. The zero-order valence-corrected chi connectivity index (χ0v) is 7.06. The summed E-state index contributed by atoms with van der Waals surface area (Å²) in [5.74, 6) is 0.931. The van der Waals surface area contributed by atoms with E-state index in [1.165, 1.54) is 0 Å². The highest BCUT2D eigenvalue weighted by atomic mass is 32.1. The average molecular weight is 164 g/mol. The standard InChI is InChI=1S/C8H8N2S/c1-2-7-9-5-6-3-4-11-8(6)10-7/h3-5H,2H2,1H3. The number of hydrogen-bond donors (Lipinski definition) is 0. The lowest BCUT2D eigenvalue weighted by molar-refractivity contribution is 0.964. The van der Waals surface area contributed by atoms with Gasteiger partial charge in [-0.05, 0) is 11.4 Å². The first kappa shape index (κ1) is 6.73. The van der Waals surface area contributed by atoms with E-state index in [4.69, 9.17) is 0 Å². The molecule has 0 aliphatic carbocycles. The molecule has 0 N–H and O–H groups in total. The highest BCUT2D eigenvalue weighted by Gasteiger charge is 1.97. The van der Waals surface area contributed by atoms with E-state index in [1.807, 2.05) is 17.6 Å². The van der Waals surface area contributed by atoms with Crippen LogP contribution in [0.5, 0.6) is 0 Å². The fourth-order valence-corrected chi connectivity index (χ4v) is 1.72. The molecule has 2 rings (SSSR count). The number of hydrogen-bond acceptors (Lipinski definition) is 3. The Kier molecular flexibility index (Phi) is 1.58. The van der Waals surface area contributed by atoms with Gasteiger partial charge in [0.1, 0.15) is 10.7 Å². The molecule has 0 aliphatic heterocycles. The lowest BCUT2D eigenvalue weighted by Crippen LogP contribution is -1.89. The average Bonchev–Trinajstić information content (AvgIpc) is 2.50. The molecule has 0 radical (unpaired) electrons. The van der Waals surface area contributed by atoms with E-state index in [1.54, 1.807) is 11.3 Å². The van der Waals surface area contributed by atoms with Crippen LogP contribution in [0.3, 0.4) is 0 Å². The predicted molar refractivity (Wildman–Crippen MR) is 46.8 cm³/mol. The second kappa shape index (κ2) is 2.58. The molecule has 11 heavy (non-hydrogen) atoms. The Hall–Kier alpha value is -0.960. The Morgan fingerprint density at radius 3 is 3.27 bits per heavy atom. The summed E-state index contributed by atoms with van der Waals surface area (Å²) in [4.78, 5) is 9.65. The van der Waals surface area contributed by atoms with Crippen LogP contribution in [0.2, 0.25) is 0 Å². The zero-order valence-electron chi connectivity index (χ0n) is 6.24. The molecular formula is C8H8N2S. The quantitative estimate of drug-likeness (QED) is 0.646. The number of aromatic nitrogens is 2. The van der Waals surface area contributed by atoms with E-state index in [0.717, 1.165) is 22.5 Å². The third kappa shape index (κ3) is 1.12. The van der Waals surface area contributed by atoms with Crippen molar-refractivity contribution < 1.29 is 0 Å².